The second-order valence-corrected chi connectivity index (χ2v) is 4.60. The van der Waals surface area contributed by atoms with Crippen molar-refractivity contribution in [3.8, 4) is 0 Å². The number of carbonyl (C=O) groups excluding carboxylic acids is 1. The molecule has 102 valence electrons. The van der Waals surface area contributed by atoms with E-state index in [1.54, 1.807) is 12.3 Å². The zero-order valence-electron chi connectivity index (χ0n) is 10.6. The monoisotopic (exact) mass is 264 g/mol. The average Bonchev–Trinajstić information content (AvgIpc) is 2.79. The third-order valence-electron chi connectivity index (χ3n) is 3.28. The van der Waals surface area contributed by atoms with Crippen LogP contribution in [0.1, 0.15) is 19.0 Å². The lowest BCUT2D eigenvalue weighted by atomic mass is 10.0. The fourth-order valence-corrected chi connectivity index (χ4v) is 2.24. The summed E-state index contributed by atoms with van der Waals surface area (Å²) in [6, 6.07) is 0.586. The van der Waals surface area contributed by atoms with Crippen LogP contribution < -0.4 is 5.32 Å². The van der Waals surface area contributed by atoms with Gasteiger partial charge in [0.25, 0.3) is 0 Å². The summed E-state index contributed by atoms with van der Waals surface area (Å²) in [5, 5.41) is 11.8. The molecular formula is C12H16N4O3. The molecular weight excluding hydrogens is 248 g/mol. The van der Waals surface area contributed by atoms with Crippen LogP contribution in [0, 0.1) is 5.92 Å². The largest absolute Gasteiger partial charge is 0.480 e. The molecule has 1 aromatic heterocycles. The minimum atomic E-state index is -0.956. The number of nitrogens with zero attached hydrogens (tertiary/aromatic N) is 3. The Hall–Kier alpha value is -2.18. The first-order chi connectivity index (χ1) is 9.09. The average molecular weight is 264 g/mol. The first-order valence-corrected chi connectivity index (χ1v) is 6.11. The van der Waals surface area contributed by atoms with E-state index in [0.717, 1.165) is 0 Å². The van der Waals surface area contributed by atoms with Gasteiger partial charge in [0.2, 0.25) is 0 Å². The molecule has 19 heavy (non-hydrogen) atoms. The van der Waals surface area contributed by atoms with Gasteiger partial charge in [-0.05, 0) is 18.4 Å². The molecule has 7 nitrogen and oxygen atoms in total. The molecule has 2 rings (SSSR count). The van der Waals surface area contributed by atoms with Crippen molar-refractivity contribution in [2.75, 3.05) is 6.54 Å². The summed E-state index contributed by atoms with van der Waals surface area (Å²) in [5.41, 5.74) is 0.683. The van der Waals surface area contributed by atoms with Crippen molar-refractivity contribution in [1.29, 1.82) is 0 Å². The predicted octanol–water partition coefficient (Wildman–Crippen LogP) is 0.481. The zero-order chi connectivity index (χ0) is 13.8. The SMILES string of the molecule is CC1CCN(C(=O)NCc2ccncn2)C1C(=O)O. The molecule has 1 saturated heterocycles. The molecule has 0 bridgehead atoms. The van der Waals surface area contributed by atoms with Crippen LogP contribution in [0.25, 0.3) is 0 Å². The third kappa shape index (κ3) is 2.98. The van der Waals surface area contributed by atoms with Crippen molar-refractivity contribution in [2.45, 2.75) is 25.9 Å². The predicted molar refractivity (Wildman–Crippen MR) is 66.2 cm³/mol. The van der Waals surface area contributed by atoms with E-state index in [9.17, 15) is 9.59 Å². The number of amides is 2. The van der Waals surface area contributed by atoms with Gasteiger partial charge >= 0.3 is 12.0 Å². The molecule has 2 heterocycles. The van der Waals surface area contributed by atoms with Crippen LogP contribution in [0.15, 0.2) is 18.6 Å². The Bertz CT molecular complexity index is 465. The minimum absolute atomic E-state index is 0.0256. The van der Waals surface area contributed by atoms with E-state index >= 15 is 0 Å². The van der Waals surface area contributed by atoms with E-state index in [2.05, 4.69) is 15.3 Å². The first-order valence-electron chi connectivity index (χ1n) is 6.11. The number of likely N-dealkylation sites (tertiary alicyclic amines) is 1. The summed E-state index contributed by atoms with van der Waals surface area (Å²) < 4.78 is 0. The van der Waals surface area contributed by atoms with Crippen molar-refractivity contribution in [1.82, 2.24) is 20.2 Å². The highest BCUT2D eigenvalue weighted by Crippen LogP contribution is 2.23. The van der Waals surface area contributed by atoms with Gasteiger partial charge in [-0.25, -0.2) is 19.6 Å². The topological polar surface area (TPSA) is 95.4 Å². The highest BCUT2D eigenvalue weighted by atomic mass is 16.4. The fourth-order valence-electron chi connectivity index (χ4n) is 2.24. The van der Waals surface area contributed by atoms with Crippen LogP contribution in [-0.4, -0.2) is 44.6 Å². The molecule has 0 spiro atoms. The number of carbonyl (C=O) groups is 2. The molecule has 1 aliphatic rings. The van der Waals surface area contributed by atoms with E-state index in [4.69, 9.17) is 5.11 Å². The molecule has 2 N–H and O–H groups in total. The second kappa shape index (κ2) is 5.64. The van der Waals surface area contributed by atoms with Crippen LogP contribution in [-0.2, 0) is 11.3 Å². The molecule has 0 radical (unpaired) electrons. The molecule has 7 heteroatoms. The molecule has 2 unspecified atom stereocenters. The summed E-state index contributed by atoms with van der Waals surface area (Å²) in [4.78, 5) is 32.3. The van der Waals surface area contributed by atoms with Crippen molar-refractivity contribution in [2.24, 2.45) is 5.92 Å². The van der Waals surface area contributed by atoms with Crippen molar-refractivity contribution in [3.05, 3.63) is 24.3 Å². The van der Waals surface area contributed by atoms with Gasteiger partial charge in [-0.1, -0.05) is 6.92 Å². The first kappa shape index (κ1) is 13.3. The van der Waals surface area contributed by atoms with Crippen molar-refractivity contribution in [3.63, 3.8) is 0 Å². The van der Waals surface area contributed by atoms with Crippen LogP contribution >= 0.6 is 0 Å². The maximum Gasteiger partial charge on any atom is 0.326 e. The Morgan fingerprint density at radius 2 is 2.37 bits per heavy atom. The van der Waals surface area contributed by atoms with E-state index in [1.807, 2.05) is 6.92 Å². The Morgan fingerprint density at radius 1 is 1.58 bits per heavy atom. The molecule has 0 aromatic carbocycles. The van der Waals surface area contributed by atoms with Crippen LogP contribution in [0.5, 0.6) is 0 Å². The lowest BCUT2D eigenvalue weighted by Crippen LogP contribution is -2.47. The van der Waals surface area contributed by atoms with E-state index in [-0.39, 0.29) is 18.5 Å². The Kier molecular flexibility index (Phi) is 3.94. The van der Waals surface area contributed by atoms with Gasteiger partial charge in [0.15, 0.2) is 0 Å². The standard InChI is InChI=1S/C12H16N4O3/c1-8-3-5-16(10(8)11(17)18)12(19)14-6-9-2-4-13-7-15-9/h2,4,7-8,10H,3,5-6H2,1H3,(H,14,19)(H,17,18). The zero-order valence-corrected chi connectivity index (χ0v) is 10.6. The number of rotatable bonds is 3. The molecule has 0 aliphatic carbocycles. The fraction of sp³-hybridized carbons (Fsp3) is 0.500. The summed E-state index contributed by atoms with van der Waals surface area (Å²) in [6.45, 7) is 2.57. The Balaban J connectivity index is 1.95. The third-order valence-corrected chi connectivity index (χ3v) is 3.28. The summed E-state index contributed by atoms with van der Waals surface area (Å²) in [7, 11) is 0. The van der Waals surface area contributed by atoms with Gasteiger partial charge in [0.05, 0.1) is 12.2 Å². The number of carboxylic acid groups (broad SMARTS) is 1. The summed E-state index contributed by atoms with van der Waals surface area (Å²) in [5.74, 6) is -0.982. The maximum absolute atomic E-state index is 12.0. The normalized spacial score (nSPS) is 22.3. The number of nitrogens with one attached hydrogen (secondary N) is 1. The number of hydrogen-bond acceptors (Lipinski definition) is 4. The second-order valence-electron chi connectivity index (χ2n) is 4.60. The Morgan fingerprint density at radius 3 is 3.00 bits per heavy atom. The molecule has 1 fully saturated rings. The van der Waals surface area contributed by atoms with Crippen molar-refractivity contribution >= 4 is 12.0 Å². The van der Waals surface area contributed by atoms with Crippen LogP contribution in [0.2, 0.25) is 0 Å². The smallest absolute Gasteiger partial charge is 0.326 e. The maximum atomic E-state index is 12.0. The molecule has 2 atom stereocenters. The summed E-state index contributed by atoms with van der Waals surface area (Å²) >= 11 is 0. The van der Waals surface area contributed by atoms with Gasteiger partial charge in [-0.3, -0.25) is 0 Å². The number of aromatic nitrogens is 2. The highest BCUT2D eigenvalue weighted by Gasteiger charge is 2.39. The van der Waals surface area contributed by atoms with E-state index in [0.29, 0.717) is 18.7 Å². The summed E-state index contributed by atoms with van der Waals surface area (Å²) in [6.07, 6.45) is 3.70. The van der Waals surface area contributed by atoms with Gasteiger partial charge in [0, 0.05) is 12.7 Å². The van der Waals surface area contributed by atoms with Crippen LogP contribution in [0.4, 0.5) is 4.79 Å². The Labute approximate surface area is 110 Å². The van der Waals surface area contributed by atoms with Gasteiger partial charge in [-0.2, -0.15) is 0 Å². The molecule has 0 saturated carbocycles. The van der Waals surface area contributed by atoms with Gasteiger partial charge < -0.3 is 15.3 Å². The van der Waals surface area contributed by atoms with Gasteiger partial charge in [0.1, 0.15) is 12.4 Å². The highest BCUT2D eigenvalue weighted by molar-refractivity contribution is 5.83. The van der Waals surface area contributed by atoms with Crippen LogP contribution in [0.3, 0.4) is 0 Å². The lowest BCUT2D eigenvalue weighted by molar-refractivity contribution is -0.142. The minimum Gasteiger partial charge on any atom is -0.480 e. The number of aliphatic carboxylic acids is 1. The molecule has 2 amide bonds. The lowest BCUT2D eigenvalue weighted by Gasteiger charge is -2.23. The van der Waals surface area contributed by atoms with Crippen molar-refractivity contribution < 1.29 is 14.7 Å². The number of carboxylic acids is 1. The van der Waals surface area contributed by atoms with E-state index in [1.165, 1.54) is 11.2 Å². The molecule has 1 aliphatic heterocycles. The number of hydrogen-bond donors (Lipinski definition) is 2. The van der Waals surface area contributed by atoms with E-state index < -0.39 is 12.0 Å². The number of urea groups is 1. The molecule has 1 aromatic rings. The van der Waals surface area contributed by atoms with Gasteiger partial charge in [-0.15, -0.1) is 0 Å². The quantitative estimate of drug-likeness (QED) is 0.828.